The lowest BCUT2D eigenvalue weighted by molar-refractivity contribution is -0.384. The van der Waals surface area contributed by atoms with Crippen molar-refractivity contribution in [3.8, 4) is 0 Å². The summed E-state index contributed by atoms with van der Waals surface area (Å²) in [6.45, 7) is -0.188. The first-order chi connectivity index (χ1) is 12.9. The molecule has 0 aliphatic carbocycles. The topological polar surface area (TPSA) is 104 Å². The Kier molecular flexibility index (Phi) is 5.28. The molecule has 0 aliphatic heterocycles. The molecule has 1 aromatic carbocycles. The second-order valence-electron chi connectivity index (χ2n) is 5.45. The molecule has 3 rings (SSSR count). The number of nitrogens with zero attached hydrogens (tertiary/aromatic N) is 3. The first-order valence-electron chi connectivity index (χ1n) is 7.69. The number of esters is 1. The Bertz CT molecular complexity index is 1120. The number of ether oxygens (including phenoxy) is 1. The van der Waals surface area contributed by atoms with Crippen LogP contribution in [0.25, 0.3) is 11.7 Å². The third-order valence-corrected chi connectivity index (χ3v) is 3.76. The summed E-state index contributed by atoms with van der Waals surface area (Å²) in [5.74, 6) is -0.667. The molecule has 0 saturated heterocycles. The van der Waals surface area contributed by atoms with Gasteiger partial charge in [-0.25, -0.2) is 9.78 Å². The molecule has 27 heavy (non-hydrogen) atoms. The van der Waals surface area contributed by atoms with E-state index in [0.717, 1.165) is 6.08 Å². The highest BCUT2D eigenvalue weighted by atomic mass is 35.5. The summed E-state index contributed by atoms with van der Waals surface area (Å²) in [4.78, 5) is 38.3. The number of carbonyl (C=O) groups excluding carboxylic acids is 1. The van der Waals surface area contributed by atoms with E-state index in [4.69, 9.17) is 16.3 Å². The number of fused-ring (bicyclic) bond motifs is 1. The zero-order valence-electron chi connectivity index (χ0n) is 13.7. The van der Waals surface area contributed by atoms with Crippen molar-refractivity contribution >= 4 is 35.0 Å². The normalized spacial score (nSPS) is 11.0. The molecule has 0 unspecified atom stereocenters. The van der Waals surface area contributed by atoms with Crippen LogP contribution < -0.4 is 5.56 Å². The summed E-state index contributed by atoms with van der Waals surface area (Å²) < 4.78 is 6.35. The van der Waals surface area contributed by atoms with Gasteiger partial charge in [0.1, 0.15) is 12.3 Å². The van der Waals surface area contributed by atoms with E-state index < -0.39 is 10.9 Å². The largest absolute Gasteiger partial charge is 0.456 e. The minimum Gasteiger partial charge on any atom is -0.456 e. The molecule has 0 bridgehead atoms. The van der Waals surface area contributed by atoms with Crippen LogP contribution in [-0.2, 0) is 16.1 Å². The Morgan fingerprint density at radius 2 is 2.11 bits per heavy atom. The van der Waals surface area contributed by atoms with E-state index >= 15 is 0 Å². The molecular formula is C18H12ClN3O5. The molecule has 0 amide bonds. The molecular weight excluding hydrogens is 374 g/mol. The molecule has 136 valence electrons. The standard InChI is InChI=1S/C18H12ClN3O5/c19-13-5-6-16-20-14(9-17(23)21(16)10-13)11-27-18(24)7-4-12-2-1-3-15(8-12)22(25)26/h1-10H,11H2/b7-4+. The first-order valence-corrected chi connectivity index (χ1v) is 8.07. The zero-order valence-corrected chi connectivity index (χ0v) is 14.5. The number of rotatable bonds is 5. The molecule has 8 nitrogen and oxygen atoms in total. The first kappa shape index (κ1) is 18.3. The van der Waals surface area contributed by atoms with Crippen molar-refractivity contribution in [1.82, 2.24) is 9.38 Å². The third-order valence-electron chi connectivity index (χ3n) is 3.53. The number of halogens is 1. The lowest BCUT2D eigenvalue weighted by Crippen LogP contribution is -2.16. The lowest BCUT2D eigenvalue weighted by atomic mass is 10.2. The van der Waals surface area contributed by atoms with Gasteiger partial charge >= 0.3 is 5.97 Å². The summed E-state index contributed by atoms with van der Waals surface area (Å²) in [5, 5.41) is 11.1. The monoisotopic (exact) mass is 385 g/mol. The highest BCUT2D eigenvalue weighted by Crippen LogP contribution is 2.14. The molecule has 2 heterocycles. The van der Waals surface area contributed by atoms with Crippen molar-refractivity contribution in [1.29, 1.82) is 0 Å². The quantitative estimate of drug-likeness (QED) is 0.289. The summed E-state index contributed by atoms with van der Waals surface area (Å²) in [5.41, 5.74) is 0.733. The molecule has 2 aromatic heterocycles. The number of carbonyl (C=O) groups is 1. The maximum absolute atomic E-state index is 12.0. The average Bonchev–Trinajstić information content (AvgIpc) is 2.65. The van der Waals surface area contributed by atoms with Gasteiger partial charge in [0.15, 0.2) is 0 Å². The highest BCUT2D eigenvalue weighted by Gasteiger charge is 2.07. The van der Waals surface area contributed by atoms with Crippen LogP contribution in [0.15, 0.2) is 59.5 Å². The van der Waals surface area contributed by atoms with E-state index in [1.54, 1.807) is 18.2 Å². The Labute approximate surface area is 157 Å². The number of nitro groups is 1. The van der Waals surface area contributed by atoms with Crippen molar-refractivity contribution in [3.63, 3.8) is 0 Å². The van der Waals surface area contributed by atoms with Gasteiger partial charge in [-0.05, 0) is 23.8 Å². The fraction of sp³-hybridized carbons (Fsp3) is 0.0556. The Morgan fingerprint density at radius 3 is 2.89 bits per heavy atom. The molecule has 3 aromatic rings. The van der Waals surface area contributed by atoms with Crippen LogP contribution >= 0.6 is 11.6 Å². The maximum Gasteiger partial charge on any atom is 0.331 e. The second kappa shape index (κ2) is 7.79. The van der Waals surface area contributed by atoms with Crippen molar-refractivity contribution in [2.45, 2.75) is 6.61 Å². The minimum atomic E-state index is -0.667. The van der Waals surface area contributed by atoms with Crippen LogP contribution in [0.3, 0.4) is 0 Å². The fourth-order valence-corrected chi connectivity index (χ4v) is 2.46. The number of aromatic nitrogens is 2. The van der Waals surface area contributed by atoms with Gasteiger partial charge in [-0.1, -0.05) is 23.7 Å². The van der Waals surface area contributed by atoms with E-state index in [1.165, 1.54) is 40.9 Å². The van der Waals surface area contributed by atoms with Gasteiger partial charge in [0.2, 0.25) is 0 Å². The lowest BCUT2D eigenvalue weighted by Gasteiger charge is -2.05. The van der Waals surface area contributed by atoms with Crippen molar-refractivity contribution in [2.24, 2.45) is 0 Å². The number of nitro benzene ring substituents is 1. The van der Waals surface area contributed by atoms with Gasteiger partial charge in [0.25, 0.3) is 11.2 Å². The minimum absolute atomic E-state index is 0.0774. The average molecular weight is 386 g/mol. The van der Waals surface area contributed by atoms with Crippen LogP contribution in [0.1, 0.15) is 11.3 Å². The highest BCUT2D eigenvalue weighted by molar-refractivity contribution is 6.30. The van der Waals surface area contributed by atoms with Crippen LogP contribution in [0, 0.1) is 10.1 Å². The fourth-order valence-electron chi connectivity index (χ4n) is 2.30. The summed E-state index contributed by atoms with van der Waals surface area (Å²) in [6, 6.07) is 10.3. The number of benzene rings is 1. The van der Waals surface area contributed by atoms with E-state index in [1.807, 2.05) is 0 Å². The van der Waals surface area contributed by atoms with Gasteiger partial charge in [0, 0.05) is 30.5 Å². The molecule has 0 fully saturated rings. The molecule has 0 N–H and O–H groups in total. The molecule has 0 spiro atoms. The molecule has 0 atom stereocenters. The predicted octanol–water partition coefficient (Wildman–Crippen LogP) is 3.01. The third kappa shape index (κ3) is 4.56. The number of non-ortho nitro benzene ring substituents is 1. The molecule has 0 radical (unpaired) electrons. The van der Waals surface area contributed by atoms with Gasteiger partial charge in [0.05, 0.1) is 15.6 Å². The van der Waals surface area contributed by atoms with Gasteiger partial charge < -0.3 is 4.74 Å². The van der Waals surface area contributed by atoms with Crippen molar-refractivity contribution in [3.05, 3.63) is 91.5 Å². The van der Waals surface area contributed by atoms with Gasteiger partial charge in [-0.15, -0.1) is 0 Å². The number of pyridine rings is 1. The van der Waals surface area contributed by atoms with Gasteiger partial charge in [-0.3, -0.25) is 19.3 Å². The predicted molar refractivity (Wildman–Crippen MR) is 98.4 cm³/mol. The van der Waals surface area contributed by atoms with E-state index in [2.05, 4.69) is 4.98 Å². The van der Waals surface area contributed by atoms with E-state index in [-0.39, 0.29) is 17.9 Å². The molecule has 9 heteroatoms. The second-order valence-corrected chi connectivity index (χ2v) is 5.89. The number of hydrogen-bond donors (Lipinski definition) is 0. The van der Waals surface area contributed by atoms with Gasteiger partial charge in [-0.2, -0.15) is 0 Å². The Morgan fingerprint density at radius 1 is 1.30 bits per heavy atom. The van der Waals surface area contributed by atoms with Crippen LogP contribution in [0.4, 0.5) is 5.69 Å². The van der Waals surface area contributed by atoms with E-state index in [0.29, 0.717) is 21.9 Å². The Hall–Kier alpha value is -3.52. The summed E-state index contributed by atoms with van der Waals surface area (Å²) in [7, 11) is 0. The van der Waals surface area contributed by atoms with Crippen LogP contribution in [-0.4, -0.2) is 20.3 Å². The summed E-state index contributed by atoms with van der Waals surface area (Å²) in [6.07, 6.45) is 4.00. The van der Waals surface area contributed by atoms with Crippen molar-refractivity contribution in [2.75, 3.05) is 0 Å². The SMILES string of the molecule is O=C(/C=C/c1cccc([N+](=O)[O-])c1)OCc1cc(=O)n2cc(Cl)ccc2n1. The number of hydrogen-bond acceptors (Lipinski definition) is 6. The van der Waals surface area contributed by atoms with Crippen molar-refractivity contribution < 1.29 is 14.5 Å². The smallest absolute Gasteiger partial charge is 0.331 e. The zero-order chi connectivity index (χ0) is 19.4. The summed E-state index contributed by atoms with van der Waals surface area (Å²) >= 11 is 5.84. The Balaban J connectivity index is 1.68. The molecule has 0 saturated carbocycles. The maximum atomic E-state index is 12.0. The van der Waals surface area contributed by atoms with Crippen LogP contribution in [0.2, 0.25) is 5.02 Å². The van der Waals surface area contributed by atoms with E-state index in [9.17, 15) is 19.7 Å². The van der Waals surface area contributed by atoms with Crippen LogP contribution in [0.5, 0.6) is 0 Å². The molecule has 0 aliphatic rings.